The molecule has 0 bridgehead atoms. The average Bonchev–Trinajstić information content (AvgIpc) is 2.74. The van der Waals surface area contributed by atoms with Gasteiger partial charge in [0.1, 0.15) is 5.78 Å². The molecule has 0 aromatic carbocycles. The zero-order chi connectivity index (χ0) is 14.8. The van der Waals surface area contributed by atoms with Crippen molar-refractivity contribution in [3.63, 3.8) is 0 Å². The maximum absolute atomic E-state index is 12.1. The lowest BCUT2D eigenvalue weighted by Gasteiger charge is -2.57. The van der Waals surface area contributed by atoms with E-state index in [2.05, 4.69) is 26.8 Å². The zero-order valence-electron chi connectivity index (χ0n) is 14.0. The van der Waals surface area contributed by atoms with Gasteiger partial charge in [-0.05, 0) is 73.0 Å². The van der Waals surface area contributed by atoms with Crippen LogP contribution in [-0.2, 0) is 4.79 Å². The number of fused-ring (bicyclic) bond motifs is 5. The first kappa shape index (κ1) is 14.0. The molecule has 0 aliphatic heterocycles. The summed E-state index contributed by atoms with van der Waals surface area (Å²) in [6, 6.07) is 0. The van der Waals surface area contributed by atoms with Crippen LogP contribution in [0.3, 0.4) is 0 Å². The van der Waals surface area contributed by atoms with Gasteiger partial charge in [0.2, 0.25) is 0 Å². The van der Waals surface area contributed by atoms with Crippen LogP contribution in [0.4, 0.5) is 0 Å². The van der Waals surface area contributed by atoms with Crippen molar-refractivity contribution in [3.8, 4) is 0 Å². The van der Waals surface area contributed by atoms with E-state index in [0.29, 0.717) is 22.5 Å². The Morgan fingerprint density at radius 3 is 2.71 bits per heavy atom. The first-order valence-corrected chi connectivity index (χ1v) is 9.13. The van der Waals surface area contributed by atoms with E-state index in [4.69, 9.17) is 0 Å². The second-order valence-electron chi connectivity index (χ2n) is 9.22. The first-order valence-electron chi connectivity index (χ1n) is 9.13. The molecule has 3 fully saturated rings. The van der Waals surface area contributed by atoms with E-state index in [-0.39, 0.29) is 0 Å². The molecule has 0 aromatic rings. The minimum absolute atomic E-state index is 0.335. The summed E-state index contributed by atoms with van der Waals surface area (Å²) < 4.78 is 0. The van der Waals surface area contributed by atoms with Gasteiger partial charge in [-0.3, -0.25) is 4.79 Å². The number of rotatable bonds is 0. The molecule has 0 spiro atoms. The van der Waals surface area contributed by atoms with Gasteiger partial charge in [0, 0.05) is 12.8 Å². The number of hydrogen-bond acceptors (Lipinski definition) is 1. The van der Waals surface area contributed by atoms with E-state index in [1.165, 1.54) is 38.5 Å². The van der Waals surface area contributed by atoms with Crippen LogP contribution in [-0.4, -0.2) is 5.78 Å². The first-order chi connectivity index (χ1) is 9.92. The number of hydrogen-bond donors (Lipinski definition) is 0. The topological polar surface area (TPSA) is 17.1 Å². The molecule has 1 heteroatoms. The van der Waals surface area contributed by atoms with Gasteiger partial charge in [0.05, 0.1) is 0 Å². The van der Waals surface area contributed by atoms with Gasteiger partial charge >= 0.3 is 0 Å². The molecule has 6 atom stereocenters. The fourth-order valence-corrected chi connectivity index (χ4v) is 6.62. The Morgan fingerprint density at radius 1 is 1.10 bits per heavy atom. The highest BCUT2D eigenvalue weighted by atomic mass is 16.1. The van der Waals surface area contributed by atoms with E-state index < -0.39 is 0 Å². The molecule has 3 saturated carbocycles. The normalized spacial score (nSPS) is 52.7. The third kappa shape index (κ3) is 1.92. The van der Waals surface area contributed by atoms with Crippen LogP contribution in [0.1, 0.15) is 72.1 Å². The number of carbonyl (C=O) groups excluding carboxylic acids is 1. The van der Waals surface area contributed by atoms with Crippen molar-refractivity contribution < 1.29 is 4.79 Å². The third-order valence-corrected chi connectivity index (χ3v) is 7.92. The largest absolute Gasteiger partial charge is 0.300 e. The monoisotopic (exact) mass is 286 g/mol. The molecule has 0 saturated heterocycles. The SMILES string of the molecule is CC1CC[C@@]2(C)C(=CC[C@H]3[C@@H]4CC(=O)C[C@@]4(C)CC[C@@H]32)C1. The predicted octanol–water partition coefficient (Wildman–Crippen LogP) is 5.15. The molecule has 0 heterocycles. The molecule has 1 unspecified atom stereocenters. The van der Waals surface area contributed by atoms with Crippen molar-refractivity contribution in [2.24, 2.45) is 34.5 Å². The van der Waals surface area contributed by atoms with Gasteiger partial charge in [-0.25, -0.2) is 0 Å². The summed E-state index contributed by atoms with van der Waals surface area (Å²) in [5.74, 6) is 3.74. The average molecular weight is 286 g/mol. The van der Waals surface area contributed by atoms with Crippen molar-refractivity contribution in [2.75, 3.05) is 0 Å². The smallest absolute Gasteiger partial charge is 0.133 e. The molecule has 4 rings (SSSR count). The summed E-state index contributed by atoms with van der Waals surface area (Å²) in [5.41, 5.74) is 2.57. The molecule has 0 radical (unpaired) electrons. The summed E-state index contributed by atoms with van der Waals surface area (Å²) in [5, 5.41) is 0. The molecule has 1 nitrogen and oxygen atoms in total. The molecule has 4 aliphatic rings. The zero-order valence-corrected chi connectivity index (χ0v) is 14.0. The Hall–Kier alpha value is -0.590. The Kier molecular flexibility index (Phi) is 2.98. The van der Waals surface area contributed by atoms with Crippen LogP contribution in [0.5, 0.6) is 0 Å². The lowest BCUT2D eigenvalue weighted by atomic mass is 9.48. The molecular weight excluding hydrogens is 256 g/mol. The van der Waals surface area contributed by atoms with Gasteiger partial charge in [-0.1, -0.05) is 32.4 Å². The number of carbonyl (C=O) groups is 1. The number of ketones is 1. The standard InChI is InChI=1S/C20H30O/c1-13-6-9-20(3)14(10-13)4-5-16-17(20)7-8-19(2)12-15(21)11-18(16)19/h4,13,16-18H,5-12H2,1-3H3/t13?,16-,17+,18+,19-,20+/m1/s1. The highest BCUT2D eigenvalue weighted by Crippen LogP contribution is 2.64. The lowest BCUT2D eigenvalue weighted by Crippen LogP contribution is -2.48. The van der Waals surface area contributed by atoms with E-state index in [1.807, 2.05) is 0 Å². The summed E-state index contributed by atoms with van der Waals surface area (Å²) in [6.07, 6.45) is 12.4. The molecule has 0 N–H and O–H groups in total. The van der Waals surface area contributed by atoms with Crippen molar-refractivity contribution in [1.82, 2.24) is 0 Å². The number of allylic oxidation sites excluding steroid dienone is 2. The van der Waals surface area contributed by atoms with Crippen LogP contribution >= 0.6 is 0 Å². The number of Topliss-reactive ketones (excluding diaryl/α,β-unsaturated/α-hetero) is 1. The highest BCUT2D eigenvalue weighted by molar-refractivity contribution is 5.82. The lowest BCUT2D eigenvalue weighted by molar-refractivity contribution is -0.118. The van der Waals surface area contributed by atoms with Gasteiger partial charge < -0.3 is 0 Å². The van der Waals surface area contributed by atoms with Crippen LogP contribution in [0.2, 0.25) is 0 Å². The van der Waals surface area contributed by atoms with Crippen molar-refractivity contribution >= 4 is 5.78 Å². The van der Waals surface area contributed by atoms with Crippen LogP contribution in [0, 0.1) is 34.5 Å². The Bertz CT molecular complexity index is 504. The van der Waals surface area contributed by atoms with E-state index in [0.717, 1.165) is 30.6 Å². The van der Waals surface area contributed by atoms with Gasteiger partial charge in [-0.2, -0.15) is 0 Å². The van der Waals surface area contributed by atoms with E-state index in [9.17, 15) is 4.79 Å². The van der Waals surface area contributed by atoms with Crippen molar-refractivity contribution in [1.29, 1.82) is 0 Å². The van der Waals surface area contributed by atoms with Crippen LogP contribution in [0.25, 0.3) is 0 Å². The predicted molar refractivity (Wildman–Crippen MR) is 85.9 cm³/mol. The fourth-order valence-electron chi connectivity index (χ4n) is 6.62. The molecule has 0 aromatic heterocycles. The quantitative estimate of drug-likeness (QED) is 0.562. The second kappa shape index (κ2) is 4.46. The van der Waals surface area contributed by atoms with Gasteiger partial charge in [-0.15, -0.1) is 0 Å². The van der Waals surface area contributed by atoms with Crippen LogP contribution < -0.4 is 0 Å². The maximum Gasteiger partial charge on any atom is 0.133 e. The summed E-state index contributed by atoms with van der Waals surface area (Å²) >= 11 is 0. The van der Waals surface area contributed by atoms with Crippen molar-refractivity contribution in [2.45, 2.75) is 72.1 Å². The minimum atomic E-state index is 0.335. The van der Waals surface area contributed by atoms with Crippen LogP contribution in [0.15, 0.2) is 11.6 Å². The minimum Gasteiger partial charge on any atom is -0.300 e. The molecule has 21 heavy (non-hydrogen) atoms. The fraction of sp³-hybridized carbons (Fsp3) is 0.850. The second-order valence-corrected chi connectivity index (χ2v) is 9.22. The van der Waals surface area contributed by atoms with E-state index in [1.54, 1.807) is 5.57 Å². The molecule has 0 amide bonds. The van der Waals surface area contributed by atoms with E-state index >= 15 is 0 Å². The highest BCUT2D eigenvalue weighted by Gasteiger charge is 2.57. The Labute approximate surface area is 129 Å². The van der Waals surface area contributed by atoms with Gasteiger partial charge in [0.15, 0.2) is 0 Å². The Balaban J connectivity index is 1.69. The summed E-state index contributed by atoms with van der Waals surface area (Å²) in [4.78, 5) is 12.1. The molecule has 116 valence electrons. The van der Waals surface area contributed by atoms with Crippen molar-refractivity contribution in [3.05, 3.63) is 11.6 Å². The Morgan fingerprint density at radius 2 is 1.90 bits per heavy atom. The third-order valence-electron chi connectivity index (χ3n) is 7.92. The van der Waals surface area contributed by atoms with Gasteiger partial charge in [0.25, 0.3) is 0 Å². The maximum atomic E-state index is 12.1. The summed E-state index contributed by atoms with van der Waals surface area (Å²) in [7, 11) is 0. The summed E-state index contributed by atoms with van der Waals surface area (Å²) in [6.45, 7) is 7.38. The molecular formula is C20H30O. The molecule has 4 aliphatic carbocycles.